The van der Waals surface area contributed by atoms with Crippen LogP contribution >= 0.6 is 0 Å². The van der Waals surface area contributed by atoms with Crippen LogP contribution in [0.15, 0.2) is 42.5 Å². The van der Waals surface area contributed by atoms with Crippen LogP contribution in [-0.2, 0) is 13.2 Å². The average molecular weight is 245 g/mol. The first-order chi connectivity index (χ1) is 8.70. The first-order valence-electron chi connectivity index (χ1n) is 5.88. The van der Waals surface area contributed by atoms with Crippen LogP contribution in [0.1, 0.15) is 16.7 Å². The van der Waals surface area contributed by atoms with Crippen LogP contribution < -0.4 is 5.32 Å². The minimum absolute atomic E-state index is 0.00859. The van der Waals surface area contributed by atoms with E-state index in [1.165, 1.54) is 6.07 Å². The Morgan fingerprint density at radius 3 is 2.67 bits per heavy atom. The molecule has 0 aliphatic rings. The Labute approximate surface area is 106 Å². The molecule has 0 aliphatic carbocycles. The van der Waals surface area contributed by atoms with Crippen molar-refractivity contribution in [3.63, 3.8) is 0 Å². The number of hydrogen-bond donors (Lipinski definition) is 2. The van der Waals surface area contributed by atoms with Crippen LogP contribution in [0.2, 0.25) is 0 Å². The van der Waals surface area contributed by atoms with E-state index in [1.54, 1.807) is 12.1 Å². The number of benzene rings is 2. The first kappa shape index (κ1) is 12.6. The van der Waals surface area contributed by atoms with Gasteiger partial charge in [-0.25, -0.2) is 4.39 Å². The number of nitrogens with one attached hydrogen (secondary N) is 1. The van der Waals surface area contributed by atoms with Crippen molar-refractivity contribution in [1.29, 1.82) is 0 Å². The van der Waals surface area contributed by atoms with Crippen molar-refractivity contribution < 1.29 is 9.50 Å². The predicted molar refractivity (Wildman–Crippen MR) is 70.8 cm³/mol. The number of halogens is 1. The van der Waals surface area contributed by atoms with Crippen molar-refractivity contribution >= 4 is 5.69 Å². The molecule has 2 aromatic rings. The molecule has 0 bridgehead atoms. The summed E-state index contributed by atoms with van der Waals surface area (Å²) in [6, 6.07) is 12.4. The maximum atomic E-state index is 13.5. The summed E-state index contributed by atoms with van der Waals surface area (Å²) in [5.41, 5.74) is 3.47. The lowest BCUT2D eigenvalue weighted by molar-refractivity contribution is 0.282. The van der Waals surface area contributed by atoms with Crippen molar-refractivity contribution in [2.24, 2.45) is 0 Å². The Morgan fingerprint density at radius 2 is 1.94 bits per heavy atom. The molecule has 0 saturated carbocycles. The van der Waals surface area contributed by atoms with E-state index in [0.717, 1.165) is 16.8 Å². The molecule has 3 heteroatoms. The van der Waals surface area contributed by atoms with Gasteiger partial charge >= 0.3 is 0 Å². The fraction of sp³-hybridized carbons (Fsp3) is 0.200. The van der Waals surface area contributed by atoms with Crippen LogP contribution in [-0.4, -0.2) is 5.11 Å². The molecule has 0 radical (unpaired) electrons. The van der Waals surface area contributed by atoms with E-state index < -0.39 is 0 Å². The zero-order chi connectivity index (χ0) is 13.0. The quantitative estimate of drug-likeness (QED) is 0.866. The molecule has 0 aliphatic heterocycles. The van der Waals surface area contributed by atoms with Gasteiger partial charge in [-0.1, -0.05) is 30.3 Å². The fourth-order valence-corrected chi connectivity index (χ4v) is 1.79. The van der Waals surface area contributed by atoms with E-state index in [1.807, 2.05) is 31.2 Å². The van der Waals surface area contributed by atoms with E-state index in [2.05, 4.69) is 5.32 Å². The Bertz CT molecular complexity index is 540. The van der Waals surface area contributed by atoms with Crippen LogP contribution in [0.3, 0.4) is 0 Å². The smallest absolute Gasteiger partial charge is 0.128 e. The number of anilines is 1. The second kappa shape index (κ2) is 5.65. The zero-order valence-electron chi connectivity index (χ0n) is 10.3. The number of aryl methyl sites for hydroxylation is 1. The molecule has 0 atom stereocenters. The molecule has 2 rings (SSSR count). The SMILES string of the molecule is Cc1ccc(CO)cc1NCc1ccccc1F. The first-order valence-corrected chi connectivity index (χ1v) is 5.88. The maximum Gasteiger partial charge on any atom is 0.128 e. The van der Waals surface area contributed by atoms with Crippen molar-refractivity contribution in [3.05, 3.63) is 65.0 Å². The molecule has 0 amide bonds. The molecular formula is C15H16FNO. The predicted octanol–water partition coefficient (Wildman–Crippen LogP) is 3.24. The van der Waals surface area contributed by atoms with Gasteiger partial charge < -0.3 is 10.4 Å². The highest BCUT2D eigenvalue weighted by molar-refractivity contribution is 5.52. The third-order valence-corrected chi connectivity index (χ3v) is 2.91. The standard InChI is InChI=1S/C15H16FNO/c1-11-6-7-12(10-18)8-15(11)17-9-13-4-2-3-5-14(13)16/h2-8,17-18H,9-10H2,1H3. The van der Waals surface area contributed by atoms with Crippen LogP contribution in [0, 0.1) is 12.7 Å². The molecule has 0 saturated heterocycles. The minimum atomic E-state index is -0.207. The number of hydrogen-bond acceptors (Lipinski definition) is 2. The summed E-state index contributed by atoms with van der Waals surface area (Å²) in [7, 11) is 0. The monoisotopic (exact) mass is 245 g/mol. The Morgan fingerprint density at radius 1 is 1.17 bits per heavy atom. The molecule has 0 heterocycles. The van der Waals surface area contributed by atoms with Gasteiger partial charge in [0.15, 0.2) is 0 Å². The van der Waals surface area contributed by atoms with Gasteiger partial charge in [0.1, 0.15) is 5.82 Å². The van der Waals surface area contributed by atoms with Gasteiger partial charge in [0.25, 0.3) is 0 Å². The summed E-state index contributed by atoms with van der Waals surface area (Å²) in [5, 5.41) is 12.3. The molecule has 2 nitrogen and oxygen atoms in total. The fourth-order valence-electron chi connectivity index (χ4n) is 1.79. The van der Waals surface area contributed by atoms with Crippen LogP contribution in [0.5, 0.6) is 0 Å². The summed E-state index contributed by atoms with van der Waals surface area (Å²) in [6.45, 7) is 2.42. The Hall–Kier alpha value is -1.87. The number of aliphatic hydroxyl groups is 1. The summed E-state index contributed by atoms with van der Waals surface area (Å²) in [4.78, 5) is 0. The molecule has 94 valence electrons. The van der Waals surface area contributed by atoms with Crippen molar-refractivity contribution in [3.8, 4) is 0 Å². The summed E-state index contributed by atoms with van der Waals surface area (Å²) >= 11 is 0. The second-order valence-electron chi connectivity index (χ2n) is 4.25. The summed E-state index contributed by atoms with van der Waals surface area (Å²) in [6.07, 6.45) is 0. The highest BCUT2D eigenvalue weighted by Crippen LogP contribution is 2.18. The molecule has 0 fully saturated rings. The van der Waals surface area contributed by atoms with E-state index in [-0.39, 0.29) is 12.4 Å². The second-order valence-corrected chi connectivity index (χ2v) is 4.25. The molecular weight excluding hydrogens is 229 g/mol. The third-order valence-electron chi connectivity index (χ3n) is 2.91. The van der Waals surface area contributed by atoms with Crippen LogP contribution in [0.4, 0.5) is 10.1 Å². The van der Waals surface area contributed by atoms with E-state index in [9.17, 15) is 4.39 Å². The largest absolute Gasteiger partial charge is 0.392 e. The third kappa shape index (κ3) is 2.87. The topological polar surface area (TPSA) is 32.3 Å². The lowest BCUT2D eigenvalue weighted by Gasteiger charge is -2.11. The van der Waals surface area contributed by atoms with E-state index >= 15 is 0 Å². The van der Waals surface area contributed by atoms with Gasteiger partial charge in [0.2, 0.25) is 0 Å². The van der Waals surface area contributed by atoms with Gasteiger partial charge in [0.05, 0.1) is 6.61 Å². The molecule has 0 spiro atoms. The van der Waals surface area contributed by atoms with Gasteiger partial charge in [0, 0.05) is 17.8 Å². The van der Waals surface area contributed by atoms with Gasteiger partial charge in [-0.05, 0) is 30.2 Å². The minimum Gasteiger partial charge on any atom is -0.392 e. The molecule has 0 aromatic heterocycles. The van der Waals surface area contributed by atoms with Gasteiger partial charge in [-0.15, -0.1) is 0 Å². The van der Waals surface area contributed by atoms with Gasteiger partial charge in [-0.2, -0.15) is 0 Å². The van der Waals surface area contributed by atoms with Crippen molar-refractivity contribution in [2.45, 2.75) is 20.1 Å². The summed E-state index contributed by atoms with van der Waals surface area (Å²) < 4.78 is 13.5. The maximum absolute atomic E-state index is 13.5. The summed E-state index contributed by atoms with van der Waals surface area (Å²) in [5.74, 6) is -0.207. The van der Waals surface area contributed by atoms with Crippen molar-refractivity contribution in [2.75, 3.05) is 5.32 Å². The normalized spacial score (nSPS) is 10.4. The Balaban J connectivity index is 2.13. The molecule has 2 N–H and O–H groups in total. The highest BCUT2D eigenvalue weighted by Gasteiger charge is 2.03. The highest BCUT2D eigenvalue weighted by atomic mass is 19.1. The molecule has 0 unspecified atom stereocenters. The lowest BCUT2D eigenvalue weighted by Crippen LogP contribution is -2.03. The Kier molecular flexibility index (Phi) is 3.95. The van der Waals surface area contributed by atoms with E-state index in [4.69, 9.17) is 5.11 Å². The molecule has 2 aromatic carbocycles. The van der Waals surface area contributed by atoms with Gasteiger partial charge in [-0.3, -0.25) is 0 Å². The number of rotatable bonds is 4. The lowest BCUT2D eigenvalue weighted by atomic mass is 10.1. The number of aliphatic hydroxyl groups excluding tert-OH is 1. The van der Waals surface area contributed by atoms with Crippen LogP contribution in [0.25, 0.3) is 0 Å². The molecule has 18 heavy (non-hydrogen) atoms. The van der Waals surface area contributed by atoms with E-state index in [0.29, 0.717) is 12.1 Å². The average Bonchev–Trinajstić information content (AvgIpc) is 2.39. The van der Waals surface area contributed by atoms with Crippen molar-refractivity contribution in [1.82, 2.24) is 0 Å². The zero-order valence-corrected chi connectivity index (χ0v) is 10.3.